The van der Waals surface area contributed by atoms with Gasteiger partial charge in [0.15, 0.2) is 0 Å². The maximum Gasteiger partial charge on any atom is 0.271 e. The molecule has 0 saturated heterocycles. The fourth-order valence-corrected chi connectivity index (χ4v) is 3.28. The van der Waals surface area contributed by atoms with Crippen LogP contribution < -0.4 is 4.57 Å². The number of hydrogen-bond acceptors (Lipinski definition) is 6. The Balaban J connectivity index is 0.000000177. The third-order valence-electron chi connectivity index (χ3n) is 3.18. The van der Waals surface area contributed by atoms with Crippen LogP contribution in [-0.4, -0.2) is 17.9 Å². The van der Waals surface area contributed by atoms with Gasteiger partial charge in [-0.25, -0.2) is 8.42 Å². The Bertz CT molecular complexity index is 979. The number of nitrogens with zero attached hydrogens (tertiary/aromatic N) is 2. The summed E-state index contributed by atoms with van der Waals surface area (Å²) in [4.78, 5) is 9.90. The molecule has 0 N–H and O–H groups in total. The first kappa shape index (κ1) is 18.0. The van der Waals surface area contributed by atoms with E-state index in [0.717, 1.165) is 15.8 Å². The fourth-order valence-electron chi connectivity index (χ4n) is 1.90. The van der Waals surface area contributed by atoms with Crippen LogP contribution in [0.1, 0.15) is 5.56 Å². The van der Waals surface area contributed by atoms with Crippen molar-refractivity contribution in [1.82, 2.24) is 0 Å². The molecule has 9 heteroatoms. The molecule has 0 amide bonds. The number of aromatic nitrogens is 1. The minimum atomic E-state index is -4.27. The highest BCUT2D eigenvalue weighted by Gasteiger charge is 2.12. The number of aryl methyl sites for hydroxylation is 2. The van der Waals surface area contributed by atoms with Gasteiger partial charge >= 0.3 is 0 Å². The predicted octanol–water partition coefficient (Wildman–Crippen LogP) is 2.53. The van der Waals surface area contributed by atoms with Crippen molar-refractivity contribution in [1.29, 1.82) is 0 Å². The van der Waals surface area contributed by atoms with Crippen LogP contribution in [-0.2, 0) is 17.2 Å². The van der Waals surface area contributed by atoms with Crippen LogP contribution in [0.2, 0.25) is 0 Å². The molecule has 3 aromatic rings. The monoisotopic (exact) mass is 366 g/mol. The lowest BCUT2D eigenvalue weighted by atomic mass is 10.2. The molecule has 1 heterocycles. The van der Waals surface area contributed by atoms with E-state index in [0.29, 0.717) is 0 Å². The molecule has 1 aromatic heterocycles. The van der Waals surface area contributed by atoms with E-state index in [1.165, 1.54) is 29.5 Å². The van der Waals surface area contributed by atoms with Crippen molar-refractivity contribution < 1.29 is 22.5 Å². The standard InChI is InChI=1S/C8H7N2O2S.C7H8O3S/c1-9-5-13-8-4-6(10(11)12)2-3-7(8)9;1-6-2-4-7(5-3-6)11(8,9)10/h2-5H,1H3;2-5H,1H3,(H,8,9,10)/q+1;/p-1. The molecule has 0 aliphatic heterocycles. The molecule has 126 valence electrons. The average Bonchev–Trinajstić information content (AvgIpc) is 2.88. The molecular weight excluding hydrogens is 352 g/mol. The number of nitro groups is 1. The largest absolute Gasteiger partial charge is 0.744 e. The second-order valence-corrected chi connectivity index (χ2v) is 7.28. The van der Waals surface area contributed by atoms with Crippen molar-refractivity contribution in [2.24, 2.45) is 7.05 Å². The van der Waals surface area contributed by atoms with E-state index in [9.17, 15) is 23.1 Å². The lowest BCUT2D eigenvalue weighted by Crippen LogP contribution is -2.24. The number of nitro benzene ring substituents is 1. The Labute approximate surface area is 142 Å². The van der Waals surface area contributed by atoms with Gasteiger partial charge in [-0.15, -0.1) is 0 Å². The minimum absolute atomic E-state index is 0.148. The molecule has 0 saturated carbocycles. The third kappa shape index (κ3) is 4.34. The zero-order valence-corrected chi connectivity index (χ0v) is 14.5. The van der Waals surface area contributed by atoms with Crippen molar-refractivity contribution in [3.05, 3.63) is 63.7 Å². The van der Waals surface area contributed by atoms with E-state index >= 15 is 0 Å². The molecule has 3 rings (SSSR count). The molecular formula is C15H14N2O5S2. The van der Waals surface area contributed by atoms with Gasteiger partial charge in [-0.3, -0.25) is 10.1 Å². The zero-order chi connectivity index (χ0) is 17.9. The van der Waals surface area contributed by atoms with Crippen molar-refractivity contribution in [2.45, 2.75) is 11.8 Å². The highest BCUT2D eigenvalue weighted by molar-refractivity contribution is 7.85. The summed E-state index contributed by atoms with van der Waals surface area (Å²) in [7, 11) is -2.35. The van der Waals surface area contributed by atoms with Gasteiger partial charge in [0.1, 0.15) is 21.9 Å². The van der Waals surface area contributed by atoms with Crippen LogP contribution >= 0.6 is 11.3 Å². The molecule has 24 heavy (non-hydrogen) atoms. The zero-order valence-electron chi connectivity index (χ0n) is 12.9. The Morgan fingerprint density at radius 2 is 1.75 bits per heavy atom. The summed E-state index contributed by atoms with van der Waals surface area (Å²) in [6, 6.07) is 10.7. The van der Waals surface area contributed by atoms with Crippen LogP contribution in [0.4, 0.5) is 5.69 Å². The van der Waals surface area contributed by atoms with Crippen LogP contribution in [0.3, 0.4) is 0 Å². The number of fused-ring (bicyclic) bond motifs is 1. The molecule has 0 bridgehead atoms. The number of hydrogen-bond donors (Lipinski definition) is 0. The summed E-state index contributed by atoms with van der Waals surface area (Å²) in [5.41, 5.74) is 4.02. The molecule has 0 unspecified atom stereocenters. The minimum Gasteiger partial charge on any atom is -0.744 e. The van der Waals surface area contributed by atoms with Gasteiger partial charge in [0.05, 0.1) is 9.82 Å². The second kappa shape index (κ2) is 7.04. The van der Waals surface area contributed by atoms with Crippen molar-refractivity contribution in [3.63, 3.8) is 0 Å². The van der Waals surface area contributed by atoms with Gasteiger partial charge in [-0.1, -0.05) is 29.0 Å². The normalized spacial score (nSPS) is 11.0. The first-order valence-corrected chi connectivity index (χ1v) is 9.01. The number of rotatable bonds is 2. The molecule has 0 aliphatic rings. The molecule has 2 aromatic carbocycles. The Kier molecular flexibility index (Phi) is 5.27. The van der Waals surface area contributed by atoms with Gasteiger partial charge in [0.2, 0.25) is 11.0 Å². The Hall–Kier alpha value is -2.36. The van der Waals surface area contributed by atoms with Crippen LogP contribution in [0.15, 0.2) is 52.9 Å². The summed E-state index contributed by atoms with van der Waals surface area (Å²) >= 11 is 1.50. The number of thiazole rings is 1. The van der Waals surface area contributed by atoms with Gasteiger partial charge in [0, 0.05) is 18.2 Å². The summed E-state index contributed by atoms with van der Waals surface area (Å²) in [6.07, 6.45) is 0. The van der Waals surface area contributed by atoms with Gasteiger partial charge in [0.25, 0.3) is 5.69 Å². The molecule has 0 fully saturated rings. The van der Waals surface area contributed by atoms with Crippen LogP contribution in [0.5, 0.6) is 0 Å². The molecule has 0 radical (unpaired) electrons. The fraction of sp³-hybridized carbons (Fsp3) is 0.133. The van der Waals surface area contributed by atoms with E-state index in [4.69, 9.17) is 0 Å². The molecule has 0 spiro atoms. The molecule has 7 nitrogen and oxygen atoms in total. The van der Waals surface area contributed by atoms with Gasteiger partial charge < -0.3 is 4.55 Å². The predicted molar refractivity (Wildman–Crippen MR) is 88.8 cm³/mol. The SMILES string of the molecule is C[n+]1csc2cc([N+](=O)[O-])ccc21.Cc1ccc(S(=O)(=O)[O-])cc1. The number of benzene rings is 2. The Morgan fingerprint density at radius 1 is 1.12 bits per heavy atom. The van der Waals surface area contributed by atoms with Gasteiger partial charge in [-0.05, 0) is 19.1 Å². The van der Waals surface area contributed by atoms with Crippen molar-refractivity contribution in [2.75, 3.05) is 0 Å². The summed E-state index contributed by atoms with van der Waals surface area (Å²) < 4.78 is 34.1. The third-order valence-corrected chi connectivity index (χ3v) is 5.03. The van der Waals surface area contributed by atoms with E-state index in [-0.39, 0.29) is 15.5 Å². The number of non-ortho nitro benzene ring substituents is 1. The summed E-state index contributed by atoms with van der Waals surface area (Å²) in [6.45, 7) is 1.82. The van der Waals surface area contributed by atoms with Crippen LogP contribution in [0, 0.1) is 17.0 Å². The maximum atomic E-state index is 10.5. The van der Waals surface area contributed by atoms with Crippen LogP contribution in [0.25, 0.3) is 10.2 Å². The van der Waals surface area contributed by atoms with E-state index < -0.39 is 10.1 Å². The average molecular weight is 366 g/mol. The van der Waals surface area contributed by atoms with Gasteiger partial charge in [-0.2, -0.15) is 4.57 Å². The van der Waals surface area contributed by atoms with Crippen molar-refractivity contribution >= 4 is 37.4 Å². The Morgan fingerprint density at radius 3 is 2.29 bits per heavy atom. The topological polar surface area (TPSA) is 104 Å². The smallest absolute Gasteiger partial charge is 0.271 e. The lowest BCUT2D eigenvalue weighted by molar-refractivity contribution is -0.640. The van der Waals surface area contributed by atoms with E-state index in [2.05, 4.69) is 0 Å². The summed E-state index contributed by atoms with van der Waals surface area (Å²) in [5.74, 6) is 0. The highest BCUT2D eigenvalue weighted by atomic mass is 32.2. The van der Waals surface area contributed by atoms with E-state index in [1.807, 2.05) is 24.0 Å². The maximum absolute atomic E-state index is 10.5. The highest BCUT2D eigenvalue weighted by Crippen LogP contribution is 2.21. The molecule has 0 atom stereocenters. The lowest BCUT2D eigenvalue weighted by Gasteiger charge is -2.05. The first-order chi connectivity index (χ1) is 11.2. The van der Waals surface area contributed by atoms with E-state index in [1.54, 1.807) is 24.3 Å². The first-order valence-electron chi connectivity index (χ1n) is 6.72. The van der Waals surface area contributed by atoms with Crippen molar-refractivity contribution in [3.8, 4) is 0 Å². The quantitative estimate of drug-likeness (QED) is 0.300. The second-order valence-electron chi connectivity index (χ2n) is 5.01. The summed E-state index contributed by atoms with van der Waals surface area (Å²) in [5, 5.41) is 10.5. The molecule has 0 aliphatic carbocycles.